The summed E-state index contributed by atoms with van der Waals surface area (Å²) in [7, 11) is 3.96. The molecular weight excluding hydrogens is 244 g/mol. The van der Waals surface area contributed by atoms with E-state index in [1.54, 1.807) is 11.3 Å². The normalized spacial score (nSPS) is 13.0. The molecule has 2 aromatic rings. The van der Waals surface area contributed by atoms with Crippen LogP contribution in [0.3, 0.4) is 0 Å². The van der Waals surface area contributed by atoms with Crippen molar-refractivity contribution in [3.8, 4) is 11.3 Å². The molecule has 0 saturated heterocycles. The molecule has 2 aromatic heterocycles. The van der Waals surface area contributed by atoms with Gasteiger partial charge in [-0.2, -0.15) is 5.10 Å². The highest BCUT2D eigenvalue weighted by atomic mass is 32.1. The molecule has 0 amide bonds. The fraction of sp³-hybridized carbons (Fsp3) is 0.538. The molecule has 1 atom stereocenters. The van der Waals surface area contributed by atoms with Gasteiger partial charge in [-0.1, -0.05) is 0 Å². The summed E-state index contributed by atoms with van der Waals surface area (Å²) < 4.78 is 1.92. The predicted octanol–water partition coefficient (Wildman–Crippen LogP) is 2.75. The molecule has 1 unspecified atom stereocenters. The molecule has 0 fully saturated rings. The molecule has 0 saturated carbocycles. The van der Waals surface area contributed by atoms with Crippen LogP contribution in [0.1, 0.15) is 34.2 Å². The average Bonchev–Trinajstić information content (AvgIpc) is 2.80. The van der Waals surface area contributed by atoms with Gasteiger partial charge in [-0.3, -0.25) is 4.68 Å². The van der Waals surface area contributed by atoms with Crippen molar-refractivity contribution in [1.29, 1.82) is 0 Å². The Morgan fingerprint density at radius 3 is 2.44 bits per heavy atom. The zero-order chi connectivity index (χ0) is 13.4. The van der Waals surface area contributed by atoms with Gasteiger partial charge in [-0.05, 0) is 34.7 Å². The Morgan fingerprint density at radius 2 is 1.94 bits per heavy atom. The largest absolute Gasteiger partial charge is 0.312 e. The van der Waals surface area contributed by atoms with Crippen LogP contribution in [0, 0.1) is 20.8 Å². The zero-order valence-corrected chi connectivity index (χ0v) is 12.6. The molecule has 98 valence electrons. The van der Waals surface area contributed by atoms with E-state index >= 15 is 0 Å². The maximum Gasteiger partial charge on any atom is 0.0905 e. The van der Waals surface area contributed by atoms with Gasteiger partial charge in [0.05, 0.1) is 16.4 Å². The van der Waals surface area contributed by atoms with Crippen molar-refractivity contribution in [2.45, 2.75) is 33.7 Å². The average molecular weight is 264 g/mol. The first kappa shape index (κ1) is 13.2. The third-order valence-corrected chi connectivity index (χ3v) is 4.49. The molecule has 0 aliphatic rings. The molecule has 5 heteroatoms. The first-order chi connectivity index (χ1) is 8.45. The number of rotatable bonds is 3. The van der Waals surface area contributed by atoms with Gasteiger partial charge in [-0.25, -0.2) is 4.98 Å². The van der Waals surface area contributed by atoms with Crippen LogP contribution < -0.4 is 5.32 Å². The second-order valence-electron chi connectivity index (χ2n) is 4.63. The molecule has 0 bridgehead atoms. The minimum atomic E-state index is 0.310. The minimum absolute atomic E-state index is 0.310. The van der Waals surface area contributed by atoms with Crippen LogP contribution in [0.5, 0.6) is 0 Å². The summed E-state index contributed by atoms with van der Waals surface area (Å²) in [5.41, 5.74) is 4.48. The van der Waals surface area contributed by atoms with Crippen LogP contribution in [-0.2, 0) is 7.05 Å². The lowest BCUT2D eigenvalue weighted by molar-refractivity contribution is 0.664. The van der Waals surface area contributed by atoms with Crippen molar-refractivity contribution >= 4 is 11.3 Å². The van der Waals surface area contributed by atoms with Crippen molar-refractivity contribution in [3.63, 3.8) is 0 Å². The summed E-state index contributed by atoms with van der Waals surface area (Å²) in [4.78, 5) is 6.00. The molecule has 0 spiro atoms. The highest BCUT2D eigenvalue weighted by Gasteiger charge is 2.21. The van der Waals surface area contributed by atoms with Crippen molar-refractivity contribution in [2.75, 3.05) is 7.05 Å². The van der Waals surface area contributed by atoms with Crippen molar-refractivity contribution in [2.24, 2.45) is 7.05 Å². The SMILES string of the molecule is CNC(C)c1sc(C)nc1-c1c(C)nn(C)c1C. The van der Waals surface area contributed by atoms with E-state index in [0.29, 0.717) is 6.04 Å². The Kier molecular flexibility index (Phi) is 3.54. The fourth-order valence-electron chi connectivity index (χ4n) is 2.16. The Hall–Kier alpha value is -1.20. The Bertz CT molecular complexity index is 568. The fourth-order valence-corrected chi connectivity index (χ4v) is 3.16. The van der Waals surface area contributed by atoms with Crippen molar-refractivity contribution in [1.82, 2.24) is 20.1 Å². The highest BCUT2D eigenvalue weighted by Crippen LogP contribution is 2.35. The number of aryl methyl sites for hydroxylation is 3. The summed E-state index contributed by atoms with van der Waals surface area (Å²) >= 11 is 1.76. The molecule has 0 aromatic carbocycles. The molecule has 18 heavy (non-hydrogen) atoms. The van der Waals surface area contributed by atoms with Gasteiger partial charge in [0.1, 0.15) is 0 Å². The molecule has 0 radical (unpaired) electrons. The third kappa shape index (κ3) is 2.08. The van der Waals surface area contributed by atoms with E-state index in [0.717, 1.165) is 16.4 Å². The third-order valence-electron chi connectivity index (χ3n) is 3.33. The summed E-state index contributed by atoms with van der Waals surface area (Å²) in [6, 6.07) is 0.310. The number of nitrogens with one attached hydrogen (secondary N) is 1. The van der Waals surface area contributed by atoms with Crippen molar-refractivity contribution < 1.29 is 0 Å². The molecule has 1 N–H and O–H groups in total. The van der Waals surface area contributed by atoms with E-state index in [2.05, 4.69) is 31.2 Å². The second kappa shape index (κ2) is 4.82. The number of aromatic nitrogens is 3. The maximum absolute atomic E-state index is 4.71. The summed E-state index contributed by atoms with van der Waals surface area (Å²) in [5, 5.41) is 8.88. The maximum atomic E-state index is 4.71. The van der Waals surface area contributed by atoms with E-state index in [9.17, 15) is 0 Å². The van der Waals surface area contributed by atoms with E-state index in [-0.39, 0.29) is 0 Å². The van der Waals surface area contributed by atoms with Gasteiger partial charge in [0.2, 0.25) is 0 Å². The summed E-state index contributed by atoms with van der Waals surface area (Å²) in [5.74, 6) is 0. The van der Waals surface area contributed by atoms with Crippen LogP contribution in [-0.4, -0.2) is 21.8 Å². The van der Waals surface area contributed by atoms with E-state index < -0.39 is 0 Å². The van der Waals surface area contributed by atoms with Gasteiger partial charge >= 0.3 is 0 Å². The number of hydrogen-bond donors (Lipinski definition) is 1. The lowest BCUT2D eigenvalue weighted by Gasteiger charge is -2.10. The summed E-state index contributed by atoms with van der Waals surface area (Å²) in [6.45, 7) is 8.36. The van der Waals surface area contributed by atoms with Gasteiger partial charge in [0.25, 0.3) is 0 Å². The number of thiazole rings is 1. The molecule has 0 aliphatic carbocycles. The minimum Gasteiger partial charge on any atom is -0.312 e. The lowest BCUT2D eigenvalue weighted by atomic mass is 10.1. The topological polar surface area (TPSA) is 42.7 Å². The van der Waals surface area contributed by atoms with Crippen LogP contribution in [0.15, 0.2) is 0 Å². The number of nitrogens with zero attached hydrogens (tertiary/aromatic N) is 3. The van der Waals surface area contributed by atoms with Crippen LogP contribution in [0.4, 0.5) is 0 Å². The van der Waals surface area contributed by atoms with Gasteiger partial charge in [0, 0.05) is 29.2 Å². The summed E-state index contributed by atoms with van der Waals surface area (Å²) in [6.07, 6.45) is 0. The van der Waals surface area contributed by atoms with Crippen LogP contribution >= 0.6 is 11.3 Å². The van der Waals surface area contributed by atoms with Gasteiger partial charge < -0.3 is 5.32 Å². The Balaban J connectivity index is 2.63. The molecular formula is C13H20N4S. The molecule has 2 heterocycles. The van der Waals surface area contributed by atoms with E-state index in [1.165, 1.54) is 16.1 Å². The Morgan fingerprint density at radius 1 is 1.28 bits per heavy atom. The van der Waals surface area contributed by atoms with Crippen molar-refractivity contribution in [3.05, 3.63) is 21.3 Å². The van der Waals surface area contributed by atoms with E-state index in [4.69, 9.17) is 4.98 Å². The highest BCUT2D eigenvalue weighted by molar-refractivity contribution is 7.12. The zero-order valence-electron chi connectivity index (χ0n) is 11.8. The van der Waals surface area contributed by atoms with Crippen LogP contribution in [0.2, 0.25) is 0 Å². The monoisotopic (exact) mass is 264 g/mol. The van der Waals surface area contributed by atoms with Gasteiger partial charge in [0.15, 0.2) is 0 Å². The second-order valence-corrected chi connectivity index (χ2v) is 5.86. The smallest absolute Gasteiger partial charge is 0.0905 e. The van der Waals surface area contributed by atoms with Gasteiger partial charge in [-0.15, -0.1) is 11.3 Å². The lowest BCUT2D eigenvalue weighted by Crippen LogP contribution is -2.11. The quantitative estimate of drug-likeness (QED) is 0.927. The molecule has 4 nitrogen and oxygen atoms in total. The first-order valence-corrected chi connectivity index (χ1v) is 6.92. The Labute approximate surface area is 112 Å². The van der Waals surface area contributed by atoms with Crippen LogP contribution in [0.25, 0.3) is 11.3 Å². The number of hydrogen-bond acceptors (Lipinski definition) is 4. The molecule has 2 rings (SSSR count). The predicted molar refractivity (Wildman–Crippen MR) is 76.0 cm³/mol. The van der Waals surface area contributed by atoms with E-state index in [1.807, 2.05) is 25.7 Å². The standard InChI is InChI=1S/C13H20N4S/c1-7-11(9(3)17(6)16-7)12-13(8(2)14-5)18-10(4)15-12/h8,14H,1-6H3. The first-order valence-electron chi connectivity index (χ1n) is 6.10. The molecule has 0 aliphatic heterocycles.